The largest absolute Gasteiger partial charge is 0.382 e. The highest BCUT2D eigenvalue weighted by Gasteiger charge is 2.12. The highest BCUT2D eigenvalue weighted by Crippen LogP contribution is 2.19. The third-order valence-corrected chi connectivity index (χ3v) is 2.75. The van der Waals surface area contributed by atoms with Crippen LogP contribution in [-0.4, -0.2) is 39.9 Å². The van der Waals surface area contributed by atoms with E-state index in [2.05, 4.69) is 6.07 Å². The smallest absolute Gasteiger partial charge is 0.252 e. The van der Waals surface area contributed by atoms with Crippen molar-refractivity contribution in [2.24, 2.45) is 0 Å². The molecule has 0 spiro atoms. The minimum atomic E-state index is -0.0574. The maximum absolute atomic E-state index is 11.9. The number of nitrogens with zero attached hydrogens (tertiary/aromatic N) is 1. The number of benzene rings is 1. The molecule has 0 aromatic heterocycles. The second kappa shape index (κ2) is 7.13. The SMILES string of the molecule is COCCOCC(=O)N(C)c1ccc(C)cc1C. The van der Waals surface area contributed by atoms with E-state index in [0.717, 1.165) is 11.3 Å². The maximum atomic E-state index is 11.9. The summed E-state index contributed by atoms with van der Waals surface area (Å²) in [6.07, 6.45) is 0. The van der Waals surface area contributed by atoms with E-state index in [1.54, 1.807) is 19.1 Å². The van der Waals surface area contributed by atoms with Gasteiger partial charge in [-0.15, -0.1) is 0 Å². The Kier molecular flexibility index (Phi) is 5.82. The topological polar surface area (TPSA) is 38.8 Å². The summed E-state index contributed by atoms with van der Waals surface area (Å²) in [7, 11) is 3.37. The fraction of sp³-hybridized carbons (Fsp3) is 0.500. The molecule has 4 nitrogen and oxygen atoms in total. The predicted octanol–water partition coefficient (Wildman–Crippen LogP) is 1.93. The number of rotatable bonds is 6. The van der Waals surface area contributed by atoms with Gasteiger partial charge in [-0.25, -0.2) is 0 Å². The van der Waals surface area contributed by atoms with Crippen molar-refractivity contribution in [2.45, 2.75) is 13.8 Å². The first-order valence-corrected chi connectivity index (χ1v) is 5.96. The molecule has 0 aliphatic heterocycles. The molecule has 0 saturated heterocycles. The van der Waals surface area contributed by atoms with Crippen LogP contribution < -0.4 is 4.90 Å². The molecule has 0 aliphatic carbocycles. The van der Waals surface area contributed by atoms with Crippen LogP contribution in [0.2, 0.25) is 0 Å². The van der Waals surface area contributed by atoms with Gasteiger partial charge in [0.15, 0.2) is 0 Å². The lowest BCUT2D eigenvalue weighted by atomic mass is 10.1. The molecule has 100 valence electrons. The minimum Gasteiger partial charge on any atom is -0.382 e. The lowest BCUT2D eigenvalue weighted by molar-refractivity contribution is -0.123. The molecule has 0 aliphatic rings. The molecule has 0 radical (unpaired) electrons. The number of hydrogen-bond donors (Lipinski definition) is 0. The lowest BCUT2D eigenvalue weighted by Gasteiger charge is -2.19. The molecular formula is C14H21NO3. The zero-order chi connectivity index (χ0) is 13.5. The van der Waals surface area contributed by atoms with Crippen LogP contribution in [-0.2, 0) is 14.3 Å². The summed E-state index contributed by atoms with van der Waals surface area (Å²) in [5, 5.41) is 0. The standard InChI is InChI=1S/C14H21NO3/c1-11-5-6-13(12(2)9-11)15(3)14(16)10-18-8-7-17-4/h5-6,9H,7-8,10H2,1-4H3. The minimum absolute atomic E-state index is 0.0574. The summed E-state index contributed by atoms with van der Waals surface area (Å²) in [4.78, 5) is 13.5. The summed E-state index contributed by atoms with van der Waals surface area (Å²) in [6, 6.07) is 6.01. The molecule has 0 atom stereocenters. The number of likely N-dealkylation sites (N-methyl/N-ethyl adjacent to an activating group) is 1. The number of carbonyl (C=O) groups excluding carboxylic acids is 1. The third kappa shape index (κ3) is 4.13. The molecule has 0 heterocycles. The van der Waals surface area contributed by atoms with Gasteiger partial charge in [0.05, 0.1) is 13.2 Å². The highest BCUT2D eigenvalue weighted by molar-refractivity contribution is 5.94. The van der Waals surface area contributed by atoms with Crippen LogP contribution in [0.5, 0.6) is 0 Å². The van der Waals surface area contributed by atoms with E-state index in [1.807, 2.05) is 26.0 Å². The van der Waals surface area contributed by atoms with Gasteiger partial charge in [0.2, 0.25) is 0 Å². The molecule has 0 saturated carbocycles. The Labute approximate surface area is 108 Å². The van der Waals surface area contributed by atoms with Gasteiger partial charge in [-0.3, -0.25) is 4.79 Å². The molecule has 4 heteroatoms. The molecular weight excluding hydrogens is 230 g/mol. The Morgan fingerprint density at radius 2 is 2.00 bits per heavy atom. The molecule has 0 fully saturated rings. The van der Waals surface area contributed by atoms with E-state index in [0.29, 0.717) is 13.2 Å². The Balaban J connectivity index is 2.57. The highest BCUT2D eigenvalue weighted by atomic mass is 16.5. The van der Waals surface area contributed by atoms with Gasteiger partial charge in [-0.2, -0.15) is 0 Å². The van der Waals surface area contributed by atoms with Crippen LogP contribution in [0.25, 0.3) is 0 Å². The van der Waals surface area contributed by atoms with Crippen LogP contribution in [0.4, 0.5) is 5.69 Å². The number of amides is 1. The molecule has 18 heavy (non-hydrogen) atoms. The van der Waals surface area contributed by atoms with Crippen LogP contribution in [0, 0.1) is 13.8 Å². The molecule has 0 unspecified atom stereocenters. The summed E-state index contributed by atoms with van der Waals surface area (Å²) in [5.41, 5.74) is 3.19. The van der Waals surface area contributed by atoms with Crippen molar-refractivity contribution >= 4 is 11.6 Å². The number of hydrogen-bond acceptors (Lipinski definition) is 3. The number of anilines is 1. The van der Waals surface area contributed by atoms with Crippen molar-refractivity contribution < 1.29 is 14.3 Å². The number of ether oxygens (including phenoxy) is 2. The summed E-state index contributed by atoms with van der Waals surface area (Å²) in [5.74, 6) is -0.0574. The van der Waals surface area contributed by atoms with Crippen molar-refractivity contribution in [3.8, 4) is 0 Å². The van der Waals surface area contributed by atoms with Gasteiger partial charge in [-0.05, 0) is 25.5 Å². The molecule has 1 rings (SSSR count). The van der Waals surface area contributed by atoms with Gasteiger partial charge in [0.25, 0.3) is 5.91 Å². The maximum Gasteiger partial charge on any atom is 0.252 e. The average Bonchev–Trinajstić information content (AvgIpc) is 2.33. The summed E-state index contributed by atoms with van der Waals surface area (Å²) in [6.45, 7) is 5.04. The van der Waals surface area contributed by atoms with E-state index in [4.69, 9.17) is 9.47 Å². The quantitative estimate of drug-likeness (QED) is 0.725. The summed E-state index contributed by atoms with van der Waals surface area (Å²) < 4.78 is 10.1. The second-order valence-electron chi connectivity index (χ2n) is 4.29. The number of carbonyl (C=O) groups is 1. The molecule has 0 bridgehead atoms. The number of aryl methyl sites for hydroxylation is 2. The van der Waals surface area contributed by atoms with Crippen molar-refractivity contribution in [1.29, 1.82) is 0 Å². The van der Waals surface area contributed by atoms with E-state index in [-0.39, 0.29) is 12.5 Å². The van der Waals surface area contributed by atoms with Crippen molar-refractivity contribution in [3.05, 3.63) is 29.3 Å². The Morgan fingerprint density at radius 3 is 2.61 bits per heavy atom. The van der Waals surface area contributed by atoms with Crippen molar-refractivity contribution in [3.63, 3.8) is 0 Å². The zero-order valence-electron chi connectivity index (χ0n) is 11.5. The van der Waals surface area contributed by atoms with Crippen LogP contribution >= 0.6 is 0 Å². The van der Waals surface area contributed by atoms with Crippen molar-refractivity contribution in [1.82, 2.24) is 0 Å². The van der Waals surface area contributed by atoms with Crippen LogP contribution in [0.15, 0.2) is 18.2 Å². The number of methoxy groups -OCH3 is 1. The molecule has 1 aromatic carbocycles. The normalized spacial score (nSPS) is 10.4. The lowest BCUT2D eigenvalue weighted by Crippen LogP contribution is -2.31. The fourth-order valence-electron chi connectivity index (χ4n) is 1.71. The van der Waals surface area contributed by atoms with Gasteiger partial charge >= 0.3 is 0 Å². The van der Waals surface area contributed by atoms with Gasteiger partial charge < -0.3 is 14.4 Å². The predicted molar refractivity (Wildman–Crippen MR) is 72.0 cm³/mol. The van der Waals surface area contributed by atoms with Crippen molar-refractivity contribution in [2.75, 3.05) is 38.9 Å². The molecule has 0 N–H and O–H groups in total. The Morgan fingerprint density at radius 1 is 1.28 bits per heavy atom. The Hall–Kier alpha value is -1.39. The van der Waals surface area contributed by atoms with Gasteiger partial charge in [-0.1, -0.05) is 17.7 Å². The molecule has 1 aromatic rings. The van der Waals surface area contributed by atoms with Gasteiger partial charge in [0.1, 0.15) is 6.61 Å². The van der Waals surface area contributed by atoms with Gasteiger partial charge in [0, 0.05) is 19.8 Å². The monoisotopic (exact) mass is 251 g/mol. The average molecular weight is 251 g/mol. The van der Waals surface area contributed by atoms with E-state index < -0.39 is 0 Å². The summed E-state index contributed by atoms with van der Waals surface area (Å²) >= 11 is 0. The third-order valence-electron chi connectivity index (χ3n) is 2.75. The molecule has 1 amide bonds. The van der Waals surface area contributed by atoms with E-state index in [9.17, 15) is 4.79 Å². The Bertz CT molecular complexity index is 404. The first-order valence-electron chi connectivity index (χ1n) is 5.96. The van der Waals surface area contributed by atoms with E-state index >= 15 is 0 Å². The fourth-order valence-corrected chi connectivity index (χ4v) is 1.71. The first kappa shape index (κ1) is 14.7. The van der Waals surface area contributed by atoms with Crippen LogP contribution in [0.3, 0.4) is 0 Å². The second-order valence-corrected chi connectivity index (χ2v) is 4.29. The van der Waals surface area contributed by atoms with E-state index in [1.165, 1.54) is 5.56 Å². The van der Waals surface area contributed by atoms with Crippen LogP contribution in [0.1, 0.15) is 11.1 Å². The zero-order valence-corrected chi connectivity index (χ0v) is 11.5. The first-order chi connectivity index (χ1) is 8.56.